The van der Waals surface area contributed by atoms with Crippen LogP contribution in [0.15, 0.2) is 0 Å². The molecule has 0 bridgehead atoms. The van der Waals surface area contributed by atoms with Crippen LogP contribution in [0.25, 0.3) is 0 Å². The molecule has 18 heavy (non-hydrogen) atoms. The minimum Gasteiger partial charge on any atom is -0.550 e. The van der Waals surface area contributed by atoms with Crippen molar-refractivity contribution in [3.8, 4) is 0 Å². The molecule has 2 fully saturated rings. The van der Waals surface area contributed by atoms with Crippen molar-refractivity contribution in [3.63, 3.8) is 0 Å². The highest BCUT2D eigenvalue weighted by atomic mass is 16.4. The Balaban J connectivity index is 2.00. The number of nitrogens with zero attached hydrogens (tertiary/aromatic N) is 1. The lowest BCUT2D eigenvalue weighted by Gasteiger charge is -2.37. The highest BCUT2D eigenvalue weighted by Gasteiger charge is 2.35. The number of hydrogen-bond acceptors (Lipinski definition) is 3. The van der Waals surface area contributed by atoms with E-state index in [1.165, 1.54) is 4.90 Å². The Labute approximate surface area is 108 Å². The maximum Gasteiger partial charge on any atom is 0.226 e. The highest BCUT2D eigenvalue weighted by molar-refractivity contribution is 5.84. The van der Waals surface area contributed by atoms with E-state index < -0.39 is 11.9 Å². The second-order valence-corrected chi connectivity index (χ2v) is 5.60. The number of piperazine rings is 1. The van der Waals surface area contributed by atoms with Gasteiger partial charge in [0.25, 0.3) is 0 Å². The lowest BCUT2D eigenvalue weighted by Crippen LogP contribution is -3.12. The molecule has 1 aliphatic heterocycles. The molecule has 102 valence electrons. The number of nitrogens with one attached hydrogen (secondary N) is 1. The maximum absolute atomic E-state index is 12.4. The zero-order valence-corrected chi connectivity index (χ0v) is 11.0. The van der Waals surface area contributed by atoms with Crippen molar-refractivity contribution in [1.82, 2.24) is 4.90 Å². The number of rotatable bonds is 2. The van der Waals surface area contributed by atoms with Gasteiger partial charge in [-0.05, 0) is 12.8 Å². The third-order valence-electron chi connectivity index (χ3n) is 4.31. The molecule has 1 N–H and O–H groups in total. The maximum atomic E-state index is 12.4. The van der Waals surface area contributed by atoms with E-state index in [1.54, 1.807) is 0 Å². The number of aliphatic carboxylic acids is 1. The first-order chi connectivity index (χ1) is 8.59. The molecule has 0 aromatic rings. The quantitative estimate of drug-likeness (QED) is 0.614. The molecule has 0 spiro atoms. The van der Waals surface area contributed by atoms with Crippen LogP contribution in [0.3, 0.4) is 0 Å². The number of carboxylic acid groups (broad SMARTS) is 1. The zero-order valence-electron chi connectivity index (χ0n) is 11.0. The molecular formula is C13H22N2O3. The normalized spacial score (nSPS) is 30.2. The van der Waals surface area contributed by atoms with Gasteiger partial charge >= 0.3 is 0 Å². The number of carboxylic acids is 1. The van der Waals surface area contributed by atoms with Crippen LogP contribution in [0, 0.1) is 11.8 Å². The van der Waals surface area contributed by atoms with E-state index in [2.05, 4.69) is 7.05 Å². The van der Waals surface area contributed by atoms with Gasteiger partial charge in [0.15, 0.2) is 0 Å². The van der Waals surface area contributed by atoms with Gasteiger partial charge in [-0.3, -0.25) is 4.79 Å². The molecule has 2 rings (SSSR count). The summed E-state index contributed by atoms with van der Waals surface area (Å²) in [5.41, 5.74) is 0. The second kappa shape index (κ2) is 5.69. The van der Waals surface area contributed by atoms with Crippen LogP contribution >= 0.6 is 0 Å². The van der Waals surface area contributed by atoms with Gasteiger partial charge in [-0.25, -0.2) is 0 Å². The second-order valence-electron chi connectivity index (χ2n) is 5.60. The Kier molecular flexibility index (Phi) is 4.22. The van der Waals surface area contributed by atoms with Crippen molar-refractivity contribution in [2.24, 2.45) is 11.8 Å². The van der Waals surface area contributed by atoms with Crippen molar-refractivity contribution < 1.29 is 19.6 Å². The van der Waals surface area contributed by atoms with Crippen LogP contribution in [-0.4, -0.2) is 50.0 Å². The summed E-state index contributed by atoms with van der Waals surface area (Å²) < 4.78 is 0. The van der Waals surface area contributed by atoms with Gasteiger partial charge in [-0.2, -0.15) is 0 Å². The lowest BCUT2D eigenvalue weighted by atomic mass is 9.78. The molecule has 0 unspecified atom stereocenters. The van der Waals surface area contributed by atoms with Crippen molar-refractivity contribution >= 4 is 11.9 Å². The van der Waals surface area contributed by atoms with Crippen LogP contribution < -0.4 is 10.0 Å². The number of carbonyl (C=O) groups is 2. The summed E-state index contributed by atoms with van der Waals surface area (Å²) in [6.45, 7) is 3.41. The predicted octanol–water partition coefficient (Wildman–Crippen LogP) is -2.10. The SMILES string of the molecule is C[NH+]1CCN(C(=O)[C@H]2CCCC[C@@H]2C(=O)[O-])CC1. The summed E-state index contributed by atoms with van der Waals surface area (Å²) in [5.74, 6) is -1.93. The molecule has 2 atom stereocenters. The van der Waals surface area contributed by atoms with Crippen molar-refractivity contribution in [2.75, 3.05) is 33.2 Å². The minimum absolute atomic E-state index is 0.0383. The molecule has 0 aromatic carbocycles. The summed E-state index contributed by atoms with van der Waals surface area (Å²) in [6.07, 6.45) is 3.16. The molecule has 5 nitrogen and oxygen atoms in total. The first kappa shape index (κ1) is 13.3. The Bertz CT molecular complexity index is 324. The molecule has 1 saturated carbocycles. The van der Waals surface area contributed by atoms with E-state index in [0.29, 0.717) is 12.8 Å². The van der Waals surface area contributed by atoms with Gasteiger partial charge in [0, 0.05) is 17.8 Å². The Morgan fingerprint density at radius 2 is 1.67 bits per heavy atom. The average molecular weight is 254 g/mol. The number of likely N-dealkylation sites (N-methyl/N-ethyl adjacent to an activating group) is 1. The van der Waals surface area contributed by atoms with Crippen LogP contribution in [0.5, 0.6) is 0 Å². The monoisotopic (exact) mass is 254 g/mol. The Morgan fingerprint density at radius 1 is 1.11 bits per heavy atom. The average Bonchev–Trinajstić information content (AvgIpc) is 2.39. The van der Waals surface area contributed by atoms with E-state index in [9.17, 15) is 14.7 Å². The largest absolute Gasteiger partial charge is 0.550 e. The van der Waals surface area contributed by atoms with Crippen molar-refractivity contribution in [3.05, 3.63) is 0 Å². The Hall–Kier alpha value is -1.10. The first-order valence-corrected chi connectivity index (χ1v) is 6.90. The van der Waals surface area contributed by atoms with Gasteiger partial charge < -0.3 is 19.7 Å². The van der Waals surface area contributed by atoms with Gasteiger partial charge in [0.2, 0.25) is 5.91 Å². The standard InChI is InChI=1S/C13H22N2O3/c1-14-6-8-15(9-7-14)12(16)10-4-2-3-5-11(10)13(17)18/h10-11H,2-9H2,1H3,(H,17,18)/t10-,11-/m0/s1. The molecule has 1 aliphatic carbocycles. The fourth-order valence-corrected chi connectivity index (χ4v) is 3.05. The fraction of sp³-hybridized carbons (Fsp3) is 0.846. The summed E-state index contributed by atoms with van der Waals surface area (Å²) >= 11 is 0. The number of quaternary nitrogens is 1. The topological polar surface area (TPSA) is 64.9 Å². The third kappa shape index (κ3) is 2.83. The lowest BCUT2D eigenvalue weighted by molar-refractivity contribution is -0.883. The first-order valence-electron chi connectivity index (χ1n) is 6.90. The van der Waals surface area contributed by atoms with E-state index in [1.807, 2.05) is 4.90 Å². The van der Waals surface area contributed by atoms with E-state index >= 15 is 0 Å². The molecule has 1 heterocycles. The zero-order chi connectivity index (χ0) is 13.1. The molecule has 1 amide bonds. The molecule has 5 heteroatoms. The van der Waals surface area contributed by atoms with Gasteiger partial charge in [0.05, 0.1) is 33.2 Å². The molecule has 2 aliphatic rings. The molecule has 0 aromatic heterocycles. The van der Waals surface area contributed by atoms with E-state index in [-0.39, 0.29) is 11.8 Å². The predicted molar refractivity (Wildman–Crippen MR) is 63.7 cm³/mol. The molecule has 0 radical (unpaired) electrons. The minimum atomic E-state index is -1.05. The van der Waals surface area contributed by atoms with E-state index in [0.717, 1.165) is 39.0 Å². The van der Waals surface area contributed by atoms with Crippen LogP contribution in [0.4, 0.5) is 0 Å². The van der Waals surface area contributed by atoms with Crippen LogP contribution in [-0.2, 0) is 9.59 Å². The molecular weight excluding hydrogens is 232 g/mol. The van der Waals surface area contributed by atoms with Gasteiger partial charge in [-0.15, -0.1) is 0 Å². The smallest absolute Gasteiger partial charge is 0.226 e. The summed E-state index contributed by atoms with van der Waals surface area (Å²) in [7, 11) is 2.12. The highest BCUT2D eigenvalue weighted by Crippen LogP contribution is 2.31. The Morgan fingerprint density at radius 3 is 2.22 bits per heavy atom. The summed E-state index contributed by atoms with van der Waals surface area (Å²) in [4.78, 5) is 26.8. The fourth-order valence-electron chi connectivity index (χ4n) is 3.05. The van der Waals surface area contributed by atoms with Gasteiger partial charge in [0.1, 0.15) is 0 Å². The van der Waals surface area contributed by atoms with Gasteiger partial charge in [-0.1, -0.05) is 12.8 Å². The summed E-state index contributed by atoms with van der Waals surface area (Å²) in [6, 6.07) is 0. The van der Waals surface area contributed by atoms with Crippen molar-refractivity contribution in [1.29, 1.82) is 0 Å². The number of hydrogen-bond donors (Lipinski definition) is 1. The number of carbonyl (C=O) groups excluding carboxylic acids is 2. The van der Waals surface area contributed by atoms with Crippen molar-refractivity contribution in [2.45, 2.75) is 25.7 Å². The molecule has 1 saturated heterocycles. The summed E-state index contributed by atoms with van der Waals surface area (Å²) in [5, 5.41) is 11.1. The van der Waals surface area contributed by atoms with Crippen LogP contribution in [0.2, 0.25) is 0 Å². The third-order valence-corrected chi connectivity index (χ3v) is 4.31. The van der Waals surface area contributed by atoms with E-state index in [4.69, 9.17) is 0 Å². The number of amides is 1. The van der Waals surface area contributed by atoms with Crippen LogP contribution in [0.1, 0.15) is 25.7 Å².